The number of allylic oxidation sites excluding steroid dienone is 1. The predicted octanol–water partition coefficient (Wildman–Crippen LogP) is 2.61. The van der Waals surface area contributed by atoms with E-state index in [1.54, 1.807) is 18.3 Å². The SMILES string of the molecule is CC1(C)NC=C(C#N)C(c2ccc([N+](=O)[O-])cc2)C1C#N. The number of benzene rings is 1. The molecule has 2 atom stereocenters. The van der Waals surface area contributed by atoms with Gasteiger partial charge in [0.25, 0.3) is 5.69 Å². The van der Waals surface area contributed by atoms with E-state index in [2.05, 4.69) is 17.5 Å². The summed E-state index contributed by atoms with van der Waals surface area (Å²) in [7, 11) is 0. The van der Waals surface area contributed by atoms with Gasteiger partial charge in [-0.1, -0.05) is 12.1 Å². The van der Waals surface area contributed by atoms with Crippen LogP contribution in [0.25, 0.3) is 0 Å². The average Bonchev–Trinajstić information content (AvgIpc) is 2.46. The molecule has 1 aromatic carbocycles. The second-order valence-corrected chi connectivity index (χ2v) is 5.51. The molecule has 0 spiro atoms. The van der Waals surface area contributed by atoms with E-state index in [4.69, 9.17) is 0 Å². The molecule has 1 heterocycles. The maximum absolute atomic E-state index is 10.7. The van der Waals surface area contributed by atoms with Gasteiger partial charge in [-0.3, -0.25) is 10.1 Å². The third kappa shape index (κ3) is 2.56. The first-order chi connectivity index (χ1) is 9.90. The maximum atomic E-state index is 10.7. The molecule has 0 radical (unpaired) electrons. The second kappa shape index (κ2) is 5.26. The number of nitrogens with one attached hydrogen (secondary N) is 1. The summed E-state index contributed by atoms with van der Waals surface area (Å²) < 4.78 is 0. The minimum atomic E-state index is -0.485. The number of non-ortho nitro benzene ring substituents is 1. The number of nitrogens with zero attached hydrogens (tertiary/aromatic N) is 3. The first-order valence-electron chi connectivity index (χ1n) is 6.42. The molecule has 0 bridgehead atoms. The van der Waals surface area contributed by atoms with Crippen molar-refractivity contribution < 1.29 is 4.92 Å². The van der Waals surface area contributed by atoms with Gasteiger partial charge in [0.05, 0.1) is 28.6 Å². The van der Waals surface area contributed by atoms with E-state index in [0.29, 0.717) is 5.57 Å². The van der Waals surface area contributed by atoms with Gasteiger partial charge in [0.2, 0.25) is 0 Å². The van der Waals surface area contributed by atoms with E-state index in [0.717, 1.165) is 5.56 Å². The lowest BCUT2D eigenvalue weighted by Crippen LogP contribution is -2.48. The van der Waals surface area contributed by atoms with Gasteiger partial charge in [-0.2, -0.15) is 10.5 Å². The minimum Gasteiger partial charge on any atom is -0.384 e. The Morgan fingerprint density at radius 3 is 2.38 bits per heavy atom. The second-order valence-electron chi connectivity index (χ2n) is 5.51. The molecular weight excluding hydrogens is 268 g/mol. The van der Waals surface area contributed by atoms with Crippen LogP contribution in [-0.4, -0.2) is 10.5 Å². The lowest BCUT2D eigenvalue weighted by atomic mass is 9.70. The summed E-state index contributed by atoms with van der Waals surface area (Å²) in [4.78, 5) is 10.2. The molecule has 2 rings (SSSR count). The Labute approximate surface area is 122 Å². The van der Waals surface area contributed by atoms with Crippen LogP contribution in [0, 0.1) is 38.7 Å². The van der Waals surface area contributed by atoms with Crippen molar-refractivity contribution in [1.82, 2.24) is 5.32 Å². The molecule has 0 aromatic heterocycles. The highest BCUT2D eigenvalue weighted by Gasteiger charge is 2.41. The summed E-state index contributed by atoms with van der Waals surface area (Å²) in [5.74, 6) is -0.837. The Hall–Kier alpha value is -2.86. The van der Waals surface area contributed by atoms with Crippen LogP contribution in [0.4, 0.5) is 5.69 Å². The minimum absolute atomic E-state index is 0.0112. The van der Waals surface area contributed by atoms with Gasteiger partial charge in [-0.05, 0) is 19.4 Å². The van der Waals surface area contributed by atoms with Crippen molar-refractivity contribution in [1.29, 1.82) is 10.5 Å². The van der Waals surface area contributed by atoms with Crippen molar-refractivity contribution in [2.75, 3.05) is 0 Å². The van der Waals surface area contributed by atoms with Gasteiger partial charge in [0.1, 0.15) is 0 Å². The number of rotatable bonds is 2. The first-order valence-corrected chi connectivity index (χ1v) is 6.42. The molecule has 2 unspecified atom stereocenters. The van der Waals surface area contributed by atoms with Crippen LogP contribution < -0.4 is 5.32 Å². The molecule has 1 N–H and O–H groups in total. The third-order valence-corrected chi connectivity index (χ3v) is 3.78. The number of nitro groups is 1. The summed E-state index contributed by atoms with van der Waals surface area (Å²) in [6.45, 7) is 3.79. The topological polar surface area (TPSA) is 103 Å². The maximum Gasteiger partial charge on any atom is 0.269 e. The zero-order chi connectivity index (χ0) is 15.6. The Morgan fingerprint density at radius 2 is 1.90 bits per heavy atom. The van der Waals surface area contributed by atoms with Crippen molar-refractivity contribution in [3.8, 4) is 12.1 Å². The van der Waals surface area contributed by atoms with Gasteiger partial charge in [0, 0.05) is 29.8 Å². The van der Waals surface area contributed by atoms with E-state index in [1.165, 1.54) is 12.1 Å². The molecule has 0 saturated carbocycles. The molecule has 0 aliphatic carbocycles. The molecule has 0 fully saturated rings. The van der Waals surface area contributed by atoms with Crippen LogP contribution >= 0.6 is 0 Å². The average molecular weight is 282 g/mol. The summed E-state index contributed by atoms with van der Waals surface area (Å²) in [6.07, 6.45) is 1.62. The van der Waals surface area contributed by atoms with Crippen LogP contribution in [-0.2, 0) is 0 Å². The summed E-state index contributed by atoms with van der Waals surface area (Å²) in [6, 6.07) is 10.4. The van der Waals surface area contributed by atoms with E-state index < -0.39 is 22.3 Å². The third-order valence-electron chi connectivity index (χ3n) is 3.78. The Balaban J connectivity index is 2.50. The zero-order valence-corrected chi connectivity index (χ0v) is 11.7. The Bertz CT molecular complexity index is 677. The zero-order valence-electron chi connectivity index (χ0n) is 11.7. The van der Waals surface area contributed by atoms with Gasteiger partial charge in [-0.25, -0.2) is 0 Å². The molecular formula is C15H14N4O2. The molecule has 6 heteroatoms. The smallest absolute Gasteiger partial charge is 0.269 e. The first kappa shape index (κ1) is 14.5. The van der Waals surface area contributed by atoms with E-state index in [9.17, 15) is 20.6 Å². The summed E-state index contributed by atoms with van der Waals surface area (Å²) in [5.41, 5.74) is 0.689. The number of nitriles is 2. The van der Waals surface area contributed by atoms with Crippen LogP contribution in [0.3, 0.4) is 0 Å². The number of nitro benzene ring substituents is 1. The van der Waals surface area contributed by atoms with Crippen molar-refractivity contribution >= 4 is 5.69 Å². The standard InChI is InChI=1S/C15H14N4O2/c1-15(2)13(8-17)14(11(7-16)9-18-15)10-3-5-12(6-4-10)19(20)21/h3-6,9,13-14,18H,1-2H3. The monoisotopic (exact) mass is 282 g/mol. The highest BCUT2D eigenvalue weighted by molar-refractivity contribution is 5.45. The quantitative estimate of drug-likeness (QED) is 0.663. The molecule has 0 saturated heterocycles. The van der Waals surface area contributed by atoms with E-state index in [1.807, 2.05) is 13.8 Å². The van der Waals surface area contributed by atoms with Crippen LogP contribution in [0.1, 0.15) is 25.3 Å². The highest BCUT2D eigenvalue weighted by Crippen LogP contribution is 2.40. The predicted molar refractivity (Wildman–Crippen MR) is 75.9 cm³/mol. The number of hydrogen-bond donors (Lipinski definition) is 1. The van der Waals surface area contributed by atoms with Crippen molar-refractivity contribution in [2.45, 2.75) is 25.3 Å². The van der Waals surface area contributed by atoms with Crippen molar-refractivity contribution in [2.24, 2.45) is 5.92 Å². The van der Waals surface area contributed by atoms with Crippen LogP contribution in [0.15, 0.2) is 36.0 Å². The summed E-state index contributed by atoms with van der Waals surface area (Å²) >= 11 is 0. The Morgan fingerprint density at radius 1 is 1.29 bits per heavy atom. The molecule has 106 valence electrons. The van der Waals surface area contributed by atoms with Gasteiger partial charge in [0.15, 0.2) is 0 Å². The van der Waals surface area contributed by atoms with Gasteiger partial charge >= 0.3 is 0 Å². The molecule has 1 aliphatic rings. The fourth-order valence-electron chi connectivity index (χ4n) is 2.55. The fourth-order valence-corrected chi connectivity index (χ4v) is 2.55. The van der Waals surface area contributed by atoms with Crippen molar-refractivity contribution in [3.63, 3.8) is 0 Å². The van der Waals surface area contributed by atoms with Crippen LogP contribution in [0.2, 0.25) is 0 Å². The highest BCUT2D eigenvalue weighted by atomic mass is 16.6. The fraction of sp³-hybridized carbons (Fsp3) is 0.333. The lowest BCUT2D eigenvalue weighted by Gasteiger charge is -2.39. The van der Waals surface area contributed by atoms with E-state index >= 15 is 0 Å². The number of hydrogen-bond acceptors (Lipinski definition) is 5. The van der Waals surface area contributed by atoms with Crippen molar-refractivity contribution in [3.05, 3.63) is 51.7 Å². The molecule has 21 heavy (non-hydrogen) atoms. The largest absolute Gasteiger partial charge is 0.384 e. The van der Waals surface area contributed by atoms with Gasteiger partial charge < -0.3 is 5.32 Å². The normalized spacial score (nSPS) is 23.1. The molecule has 1 aliphatic heterocycles. The summed E-state index contributed by atoms with van der Waals surface area (Å²) in [5, 5.41) is 32.5. The molecule has 6 nitrogen and oxygen atoms in total. The Kier molecular flexibility index (Phi) is 3.64. The molecule has 1 aromatic rings. The van der Waals surface area contributed by atoms with E-state index in [-0.39, 0.29) is 5.69 Å². The van der Waals surface area contributed by atoms with Crippen LogP contribution in [0.5, 0.6) is 0 Å². The molecule has 0 amide bonds. The lowest BCUT2D eigenvalue weighted by molar-refractivity contribution is -0.384. The van der Waals surface area contributed by atoms with Gasteiger partial charge in [-0.15, -0.1) is 0 Å².